The largest absolute Gasteiger partial charge is 0.398 e. The van der Waals surface area contributed by atoms with Crippen LogP contribution in [0.2, 0.25) is 5.02 Å². The van der Waals surface area contributed by atoms with Gasteiger partial charge in [0.15, 0.2) is 0 Å². The standard InChI is InChI=1S/C15H13ClN4O2/c1-8-5-12-13(7-11(8)17)20(15(22)19-12)14(21)18-10-4-2-3-9(16)6-10/h2-7H,17H2,1H3,(H,18,21)(H,19,22). The van der Waals surface area contributed by atoms with Crippen LogP contribution in [0.4, 0.5) is 16.2 Å². The maximum Gasteiger partial charge on any atom is 0.334 e. The van der Waals surface area contributed by atoms with Crippen molar-refractivity contribution in [3.63, 3.8) is 0 Å². The first-order chi connectivity index (χ1) is 10.5. The Bertz CT molecular complexity index is 942. The minimum absolute atomic E-state index is 0.424. The summed E-state index contributed by atoms with van der Waals surface area (Å²) in [7, 11) is 0. The van der Waals surface area contributed by atoms with E-state index < -0.39 is 11.7 Å². The van der Waals surface area contributed by atoms with Crippen molar-refractivity contribution in [1.82, 2.24) is 9.55 Å². The third-order valence-corrected chi connectivity index (χ3v) is 3.58. The first-order valence-corrected chi connectivity index (χ1v) is 6.91. The maximum atomic E-state index is 12.4. The highest BCUT2D eigenvalue weighted by atomic mass is 35.5. The second-order valence-corrected chi connectivity index (χ2v) is 5.37. The van der Waals surface area contributed by atoms with Gasteiger partial charge in [-0.15, -0.1) is 0 Å². The molecule has 3 rings (SSSR count). The van der Waals surface area contributed by atoms with Gasteiger partial charge in [-0.05, 0) is 42.8 Å². The van der Waals surface area contributed by atoms with Crippen LogP contribution >= 0.6 is 11.6 Å². The Morgan fingerprint density at radius 3 is 2.82 bits per heavy atom. The van der Waals surface area contributed by atoms with Crippen molar-refractivity contribution in [2.45, 2.75) is 6.92 Å². The predicted molar refractivity (Wildman–Crippen MR) is 87.6 cm³/mol. The number of amides is 1. The summed E-state index contributed by atoms with van der Waals surface area (Å²) in [5.74, 6) is 0. The highest BCUT2D eigenvalue weighted by Gasteiger charge is 2.15. The lowest BCUT2D eigenvalue weighted by Gasteiger charge is -2.07. The van der Waals surface area contributed by atoms with Gasteiger partial charge in [-0.3, -0.25) is 0 Å². The Morgan fingerprint density at radius 1 is 1.32 bits per heavy atom. The van der Waals surface area contributed by atoms with Crippen molar-refractivity contribution in [2.24, 2.45) is 0 Å². The number of nitrogens with two attached hydrogens (primary N) is 1. The summed E-state index contributed by atoms with van der Waals surface area (Å²) in [6.45, 7) is 1.83. The van der Waals surface area contributed by atoms with Crippen LogP contribution in [-0.4, -0.2) is 15.6 Å². The molecule has 3 aromatic rings. The summed E-state index contributed by atoms with van der Waals surface area (Å²) >= 11 is 5.88. The molecule has 0 bridgehead atoms. The third kappa shape index (κ3) is 2.44. The lowest BCUT2D eigenvalue weighted by atomic mass is 10.2. The van der Waals surface area contributed by atoms with Crippen molar-refractivity contribution in [3.05, 3.63) is 57.5 Å². The van der Waals surface area contributed by atoms with Gasteiger partial charge in [0, 0.05) is 16.4 Å². The second-order valence-electron chi connectivity index (χ2n) is 4.93. The summed E-state index contributed by atoms with van der Waals surface area (Å²) in [6, 6.07) is 9.42. The van der Waals surface area contributed by atoms with E-state index in [9.17, 15) is 9.59 Å². The van der Waals surface area contributed by atoms with Crippen LogP contribution in [-0.2, 0) is 0 Å². The number of aromatic nitrogens is 2. The lowest BCUT2D eigenvalue weighted by molar-refractivity contribution is 0.253. The van der Waals surface area contributed by atoms with E-state index in [2.05, 4.69) is 10.3 Å². The normalized spacial score (nSPS) is 10.8. The van der Waals surface area contributed by atoms with E-state index in [1.165, 1.54) is 0 Å². The maximum absolute atomic E-state index is 12.4. The van der Waals surface area contributed by atoms with Gasteiger partial charge in [-0.25, -0.2) is 14.2 Å². The number of benzene rings is 2. The van der Waals surface area contributed by atoms with Crippen LogP contribution in [0.3, 0.4) is 0 Å². The Balaban J connectivity index is 2.06. The average Bonchev–Trinajstić information content (AvgIpc) is 2.74. The Hall–Kier alpha value is -2.73. The molecule has 0 saturated carbocycles. The number of imidazole rings is 1. The number of anilines is 2. The molecular weight excluding hydrogens is 304 g/mol. The molecule has 0 aliphatic heterocycles. The van der Waals surface area contributed by atoms with Crippen molar-refractivity contribution >= 4 is 40.0 Å². The van der Waals surface area contributed by atoms with Crippen LogP contribution < -0.4 is 16.7 Å². The van der Waals surface area contributed by atoms with Crippen LogP contribution in [0.15, 0.2) is 41.2 Å². The highest BCUT2D eigenvalue weighted by Crippen LogP contribution is 2.20. The first kappa shape index (κ1) is 14.2. The van der Waals surface area contributed by atoms with Gasteiger partial charge in [-0.1, -0.05) is 17.7 Å². The second kappa shape index (κ2) is 5.23. The van der Waals surface area contributed by atoms with Crippen LogP contribution in [0.25, 0.3) is 11.0 Å². The number of fused-ring (bicyclic) bond motifs is 1. The topological polar surface area (TPSA) is 92.9 Å². The summed E-state index contributed by atoms with van der Waals surface area (Å²) in [5, 5.41) is 3.12. The number of nitrogen functional groups attached to an aromatic ring is 1. The number of carbonyl (C=O) groups excluding carboxylic acids is 1. The fourth-order valence-electron chi connectivity index (χ4n) is 2.23. The molecule has 0 aliphatic carbocycles. The lowest BCUT2D eigenvalue weighted by Crippen LogP contribution is -2.29. The average molecular weight is 317 g/mol. The van der Waals surface area contributed by atoms with E-state index in [1.54, 1.807) is 36.4 Å². The molecule has 112 valence electrons. The Morgan fingerprint density at radius 2 is 2.09 bits per heavy atom. The quantitative estimate of drug-likeness (QED) is 0.602. The number of carbonyl (C=O) groups is 1. The van der Waals surface area contributed by atoms with E-state index in [-0.39, 0.29) is 0 Å². The zero-order valence-corrected chi connectivity index (χ0v) is 12.4. The number of aromatic amines is 1. The van der Waals surface area contributed by atoms with E-state index in [0.29, 0.717) is 27.4 Å². The van der Waals surface area contributed by atoms with Gasteiger partial charge in [0.25, 0.3) is 0 Å². The van der Waals surface area contributed by atoms with Crippen molar-refractivity contribution in [2.75, 3.05) is 11.1 Å². The summed E-state index contributed by atoms with van der Waals surface area (Å²) in [5.41, 5.74) is 8.15. The number of H-pyrrole nitrogens is 1. The van der Waals surface area contributed by atoms with Crippen LogP contribution in [0.5, 0.6) is 0 Å². The van der Waals surface area contributed by atoms with Gasteiger partial charge < -0.3 is 16.0 Å². The van der Waals surface area contributed by atoms with Gasteiger partial charge in [0.05, 0.1) is 11.0 Å². The molecule has 1 aromatic heterocycles. The smallest absolute Gasteiger partial charge is 0.334 e. The Kier molecular flexibility index (Phi) is 3.38. The molecule has 0 radical (unpaired) electrons. The molecule has 0 fully saturated rings. The van der Waals surface area contributed by atoms with Crippen LogP contribution in [0, 0.1) is 6.92 Å². The summed E-state index contributed by atoms with van der Waals surface area (Å²) in [6.07, 6.45) is 0. The number of nitrogens with one attached hydrogen (secondary N) is 2. The molecule has 0 spiro atoms. The number of halogens is 1. The van der Waals surface area contributed by atoms with Gasteiger partial charge >= 0.3 is 11.7 Å². The molecule has 6 nitrogen and oxygen atoms in total. The monoisotopic (exact) mass is 316 g/mol. The molecule has 0 aliphatic rings. The fraction of sp³-hybridized carbons (Fsp3) is 0.0667. The van der Waals surface area contributed by atoms with Crippen molar-refractivity contribution in [1.29, 1.82) is 0 Å². The zero-order chi connectivity index (χ0) is 15.9. The van der Waals surface area contributed by atoms with E-state index in [0.717, 1.165) is 10.1 Å². The summed E-state index contributed by atoms with van der Waals surface area (Å²) in [4.78, 5) is 27.0. The molecule has 0 atom stereocenters. The Labute approximate surface area is 130 Å². The predicted octanol–water partition coefficient (Wildman–Crippen LogP) is 2.95. The van der Waals surface area contributed by atoms with Crippen molar-refractivity contribution < 1.29 is 4.79 Å². The van der Waals surface area contributed by atoms with E-state index in [4.69, 9.17) is 17.3 Å². The number of aryl methyl sites for hydroxylation is 1. The highest BCUT2D eigenvalue weighted by molar-refractivity contribution is 6.30. The molecule has 0 unspecified atom stereocenters. The van der Waals surface area contributed by atoms with Gasteiger partial charge in [0.2, 0.25) is 0 Å². The van der Waals surface area contributed by atoms with Gasteiger partial charge in [0.1, 0.15) is 0 Å². The van der Waals surface area contributed by atoms with Crippen LogP contribution in [0.1, 0.15) is 5.56 Å². The molecule has 0 saturated heterocycles. The molecule has 22 heavy (non-hydrogen) atoms. The molecular formula is C15H13ClN4O2. The fourth-order valence-corrected chi connectivity index (χ4v) is 2.42. The molecule has 7 heteroatoms. The van der Waals surface area contributed by atoms with Crippen molar-refractivity contribution in [3.8, 4) is 0 Å². The number of hydrogen-bond donors (Lipinski definition) is 3. The van der Waals surface area contributed by atoms with Gasteiger partial charge in [-0.2, -0.15) is 0 Å². The molecule has 1 heterocycles. The minimum Gasteiger partial charge on any atom is -0.398 e. The SMILES string of the molecule is Cc1cc2[nH]c(=O)n(C(=O)Nc3cccc(Cl)c3)c2cc1N. The third-order valence-electron chi connectivity index (χ3n) is 3.35. The molecule has 1 amide bonds. The number of rotatable bonds is 1. The van der Waals surface area contributed by atoms with E-state index >= 15 is 0 Å². The molecule has 2 aromatic carbocycles. The summed E-state index contributed by atoms with van der Waals surface area (Å²) < 4.78 is 1.01. The number of nitrogens with zero attached hydrogens (tertiary/aromatic N) is 1. The minimum atomic E-state index is -0.582. The first-order valence-electron chi connectivity index (χ1n) is 6.53. The zero-order valence-electron chi connectivity index (χ0n) is 11.7. The van der Waals surface area contributed by atoms with E-state index in [1.807, 2.05) is 6.92 Å². The molecule has 4 N–H and O–H groups in total. The number of hydrogen-bond acceptors (Lipinski definition) is 3.